The summed E-state index contributed by atoms with van der Waals surface area (Å²) in [5.41, 5.74) is 1.22. The van der Waals surface area contributed by atoms with E-state index in [4.69, 9.17) is 4.42 Å². The van der Waals surface area contributed by atoms with Gasteiger partial charge in [0.1, 0.15) is 6.04 Å². The second-order valence-electron chi connectivity index (χ2n) is 7.23. The van der Waals surface area contributed by atoms with Crippen LogP contribution in [0.1, 0.15) is 45.4 Å². The molecule has 1 fully saturated rings. The molecule has 1 aromatic carbocycles. The number of furan rings is 1. The fraction of sp³-hybridized carbons (Fsp3) is 0.333. The van der Waals surface area contributed by atoms with Crippen molar-refractivity contribution in [3.63, 3.8) is 0 Å². The normalized spacial score (nSPS) is 17.4. The summed E-state index contributed by atoms with van der Waals surface area (Å²) in [7, 11) is 0. The Balaban J connectivity index is 1.25. The molecule has 2 aliphatic rings. The molecular weight excluding hydrogens is 388 g/mol. The maximum atomic E-state index is 12.8. The Morgan fingerprint density at radius 1 is 1.00 bits per heavy atom. The highest BCUT2D eigenvalue weighted by molar-refractivity contribution is 6.05. The first-order chi connectivity index (χ1) is 14.6. The van der Waals surface area contributed by atoms with Gasteiger partial charge in [-0.2, -0.15) is 0 Å². The number of fused-ring (bicyclic) bond motifs is 1. The van der Waals surface area contributed by atoms with Crippen LogP contribution in [0.25, 0.3) is 0 Å². The van der Waals surface area contributed by atoms with E-state index >= 15 is 0 Å². The Morgan fingerprint density at radius 3 is 2.50 bits per heavy atom. The summed E-state index contributed by atoms with van der Waals surface area (Å²) >= 11 is 0. The van der Waals surface area contributed by atoms with Crippen LogP contribution < -0.4 is 16.0 Å². The van der Waals surface area contributed by atoms with Crippen LogP contribution in [0.15, 0.2) is 47.1 Å². The molecule has 9 heteroatoms. The molecule has 2 heterocycles. The zero-order valence-corrected chi connectivity index (χ0v) is 16.2. The first-order valence-corrected chi connectivity index (χ1v) is 9.84. The van der Waals surface area contributed by atoms with Gasteiger partial charge in [0.15, 0.2) is 5.76 Å². The van der Waals surface area contributed by atoms with Gasteiger partial charge in [-0.05, 0) is 36.6 Å². The number of carbonyl (C=O) groups excluding carboxylic acids is 4. The lowest BCUT2D eigenvalue weighted by Gasteiger charge is -2.24. The van der Waals surface area contributed by atoms with Crippen LogP contribution in [0.5, 0.6) is 0 Å². The molecule has 4 rings (SSSR count). The van der Waals surface area contributed by atoms with Crippen LogP contribution in [0.2, 0.25) is 0 Å². The van der Waals surface area contributed by atoms with E-state index in [1.165, 1.54) is 6.26 Å². The molecular formula is C21H22N4O5. The Bertz CT molecular complexity index is 968. The van der Waals surface area contributed by atoms with Crippen LogP contribution in [0.3, 0.4) is 0 Å². The van der Waals surface area contributed by atoms with Crippen molar-refractivity contribution >= 4 is 23.6 Å². The van der Waals surface area contributed by atoms with Gasteiger partial charge in [-0.15, -0.1) is 0 Å². The lowest BCUT2D eigenvalue weighted by atomic mass is 10.0. The molecule has 3 N–H and O–H groups in total. The molecule has 0 radical (unpaired) electrons. The van der Waals surface area contributed by atoms with Gasteiger partial charge in [-0.1, -0.05) is 18.2 Å². The van der Waals surface area contributed by atoms with E-state index in [1.807, 2.05) is 0 Å². The highest BCUT2D eigenvalue weighted by Gasteiger charge is 2.47. The molecule has 9 nitrogen and oxygen atoms in total. The summed E-state index contributed by atoms with van der Waals surface area (Å²) in [6, 6.07) is 9.60. The predicted octanol–water partition coefficient (Wildman–Crippen LogP) is 0.601. The Hall–Kier alpha value is -3.62. The van der Waals surface area contributed by atoms with Gasteiger partial charge in [0, 0.05) is 24.7 Å². The number of rotatable bonds is 8. The molecule has 4 amide bonds. The lowest BCUT2D eigenvalue weighted by Crippen LogP contribution is -2.44. The molecule has 1 aliphatic heterocycles. The summed E-state index contributed by atoms with van der Waals surface area (Å²) in [5, 5.41) is 7.86. The van der Waals surface area contributed by atoms with E-state index in [-0.39, 0.29) is 55.1 Å². The smallest absolute Gasteiger partial charge is 0.287 e. The van der Waals surface area contributed by atoms with Crippen LogP contribution in [-0.2, 0) is 9.59 Å². The molecule has 156 valence electrons. The molecule has 0 saturated heterocycles. The minimum atomic E-state index is -0.707. The van der Waals surface area contributed by atoms with E-state index < -0.39 is 6.04 Å². The highest BCUT2D eigenvalue weighted by atomic mass is 16.3. The molecule has 1 unspecified atom stereocenters. The minimum Gasteiger partial charge on any atom is -0.459 e. The predicted molar refractivity (Wildman–Crippen MR) is 105 cm³/mol. The average molecular weight is 410 g/mol. The Kier molecular flexibility index (Phi) is 5.51. The van der Waals surface area contributed by atoms with E-state index in [2.05, 4.69) is 16.0 Å². The number of hydrogen-bond donors (Lipinski definition) is 3. The molecule has 1 aliphatic carbocycles. The third-order valence-electron chi connectivity index (χ3n) is 5.09. The second kappa shape index (κ2) is 8.40. The van der Waals surface area contributed by atoms with Gasteiger partial charge < -0.3 is 25.3 Å². The van der Waals surface area contributed by atoms with Crippen LogP contribution in [0, 0.1) is 0 Å². The summed E-state index contributed by atoms with van der Waals surface area (Å²) in [6.45, 7) is 0.218. The van der Waals surface area contributed by atoms with Crippen molar-refractivity contribution < 1.29 is 23.6 Å². The average Bonchev–Trinajstić information content (AvgIpc) is 3.34. The summed E-state index contributed by atoms with van der Waals surface area (Å²) in [5.74, 6) is -1.06. The number of nitrogens with zero attached hydrogens (tertiary/aromatic N) is 1. The third kappa shape index (κ3) is 4.05. The molecule has 1 aromatic heterocycles. The molecule has 30 heavy (non-hydrogen) atoms. The monoisotopic (exact) mass is 410 g/mol. The summed E-state index contributed by atoms with van der Waals surface area (Å²) in [6.07, 6.45) is 3.17. The van der Waals surface area contributed by atoms with Gasteiger partial charge in [-0.3, -0.25) is 19.2 Å². The van der Waals surface area contributed by atoms with E-state index in [9.17, 15) is 19.2 Å². The number of carbonyl (C=O) groups is 4. The number of hydrogen-bond acceptors (Lipinski definition) is 5. The molecule has 0 spiro atoms. The van der Waals surface area contributed by atoms with Gasteiger partial charge >= 0.3 is 0 Å². The van der Waals surface area contributed by atoms with Crippen LogP contribution in [-0.4, -0.2) is 54.2 Å². The van der Waals surface area contributed by atoms with Gasteiger partial charge in [0.25, 0.3) is 11.8 Å². The lowest BCUT2D eigenvalue weighted by molar-refractivity contribution is -0.129. The second-order valence-corrected chi connectivity index (χ2v) is 7.23. The van der Waals surface area contributed by atoms with Crippen LogP contribution >= 0.6 is 0 Å². The number of nitrogens with one attached hydrogen (secondary N) is 3. The maximum absolute atomic E-state index is 12.8. The SMILES string of the molecule is O=C(CNC(=O)C1c2ccccc2C(=O)N1C1CC1)NCCNC(=O)c1ccco1. The number of amides is 4. The van der Waals surface area contributed by atoms with Gasteiger partial charge in [0.2, 0.25) is 11.8 Å². The fourth-order valence-corrected chi connectivity index (χ4v) is 3.53. The van der Waals surface area contributed by atoms with Crippen molar-refractivity contribution in [3.8, 4) is 0 Å². The van der Waals surface area contributed by atoms with Gasteiger partial charge in [-0.25, -0.2) is 0 Å². The highest BCUT2D eigenvalue weighted by Crippen LogP contribution is 2.41. The van der Waals surface area contributed by atoms with E-state index in [0.29, 0.717) is 11.1 Å². The zero-order valence-electron chi connectivity index (χ0n) is 16.2. The molecule has 0 bridgehead atoms. The van der Waals surface area contributed by atoms with E-state index in [1.54, 1.807) is 41.3 Å². The topological polar surface area (TPSA) is 121 Å². The van der Waals surface area contributed by atoms with Crippen molar-refractivity contribution in [1.29, 1.82) is 0 Å². The molecule has 2 aromatic rings. The third-order valence-corrected chi connectivity index (χ3v) is 5.09. The van der Waals surface area contributed by atoms with Gasteiger partial charge in [0.05, 0.1) is 12.8 Å². The largest absolute Gasteiger partial charge is 0.459 e. The standard InChI is InChI=1S/C21H22N4O5/c26-17(22-9-10-23-19(27)16-6-3-11-30-16)12-24-20(28)18-14-4-1-2-5-15(14)21(29)25(18)13-7-8-13/h1-6,11,13,18H,7-10,12H2,(H,22,26)(H,23,27)(H,24,28). The maximum Gasteiger partial charge on any atom is 0.287 e. The minimum absolute atomic E-state index is 0.0762. The van der Waals surface area contributed by atoms with Crippen molar-refractivity contribution in [2.45, 2.75) is 24.9 Å². The van der Waals surface area contributed by atoms with Crippen LogP contribution in [0.4, 0.5) is 0 Å². The molecule has 1 saturated carbocycles. The van der Waals surface area contributed by atoms with Crippen molar-refractivity contribution in [1.82, 2.24) is 20.9 Å². The summed E-state index contributed by atoms with van der Waals surface area (Å²) in [4.78, 5) is 50.9. The first kappa shape index (κ1) is 19.7. The first-order valence-electron chi connectivity index (χ1n) is 9.84. The fourth-order valence-electron chi connectivity index (χ4n) is 3.53. The quantitative estimate of drug-likeness (QED) is 0.551. The molecule has 1 atom stereocenters. The van der Waals surface area contributed by atoms with Crippen molar-refractivity contribution in [2.75, 3.05) is 19.6 Å². The Labute approximate surface area is 172 Å². The Morgan fingerprint density at radius 2 is 1.77 bits per heavy atom. The zero-order chi connectivity index (χ0) is 21.1. The van der Waals surface area contributed by atoms with Crippen molar-refractivity contribution in [2.24, 2.45) is 0 Å². The van der Waals surface area contributed by atoms with E-state index in [0.717, 1.165) is 12.8 Å². The number of benzene rings is 1. The summed E-state index contributed by atoms with van der Waals surface area (Å²) < 4.78 is 4.97. The van der Waals surface area contributed by atoms with Crippen molar-refractivity contribution in [3.05, 3.63) is 59.5 Å².